The summed E-state index contributed by atoms with van der Waals surface area (Å²) >= 11 is 6.03. The molecule has 0 fully saturated rings. The van der Waals surface area contributed by atoms with Gasteiger partial charge in [0.05, 0.1) is 5.56 Å². The van der Waals surface area contributed by atoms with Gasteiger partial charge >= 0.3 is 0 Å². The summed E-state index contributed by atoms with van der Waals surface area (Å²) < 4.78 is 0. The van der Waals surface area contributed by atoms with Crippen LogP contribution in [-0.2, 0) is 11.2 Å². The quantitative estimate of drug-likeness (QED) is 0.567. The number of rotatable bonds is 2. The van der Waals surface area contributed by atoms with Crippen molar-refractivity contribution in [1.82, 2.24) is 4.98 Å². The van der Waals surface area contributed by atoms with Gasteiger partial charge in [-0.3, -0.25) is 9.59 Å². The van der Waals surface area contributed by atoms with E-state index in [1.807, 2.05) is 24.3 Å². The average Bonchev–Trinajstić information content (AvgIpc) is 3.03. The predicted molar refractivity (Wildman–Crippen MR) is 94.8 cm³/mol. The normalized spacial score (nSPS) is 13.8. The standard InChI is InChI=1S/C19H15ClN2O2/c20-13-7-8-16-14(10-13)15(11-21-16)18(23)19(24)22-9-3-5-12-4-1-2-6-17(12)22/h1-2,4,6-8,10-11,21H,3,5,9H2. The second-order valence-corrected chi connectivity index (χ2v) is 6.35. The number of ketones is 1. The van der Waals surface area contributed by atoms with Crippen LogP contribution < -0.4 is 4.90 Å². The fraction of sp³-hybridized carbons (Fsp3) is 0.158. The highest BCUT2D eigenvalue weighted by molar-refractivity contribution is 6.49. The molecule has 2 heterocycles. The van der Waals surface area contributed by atoms with Gasteiger partial charge in [-0.25, -0.2) is 0 Å². The Bertz CT molecular complexity index is 961. The number of benzene rings is 2. The molecule has 0 radical (unpaired) electrons. The van der Waals surface area contributed by atoms with Crippen LogP contribution in [0.4, 0.5) is 5.69 Å². The summed E-state index contributed by atoms with van der Waals surface area (Å²) in [6.45, 7) is 0.560. The SMILES string of the molecule is O=C(C(=O)N1CCCc2ccccc21)c1c[nH]c2ccc(Cl)cc12. The summed E-state index contributed by atoms with van der Waals surface area (Å²) in [6.07, 6.45) is 3.36. The molecule has 0 aliphatic carbocycles. The maximum absolute atomic E-state index is 12.8. The Balaban J connectivity index is 1.72. The van der Waals surface area contributed by atoms with Gasteiger partial charge in [0, 0.05) is 34.4 Å². The maximum atomic E-state index is 12.8. The number of aryl methyl sites for hydroxylation is 1. The molecule has 4 nitrogen and oxygen atoms in total. The zero-order valence-corrected chi connectivity index (χ0v) is 13.6. The summed E-state index contributed by atoms with van der Waals surface area (Å²) in [6, 6.07) is 13.0. The third-order valence-corrected chi connectivity index (χ3v) is 4.67. The fourth-order valence-corrected chi connectivity index (χ4v) is 3.44. The van der Waals surface area contributed by atoms with Gasteiger partial charge in [-0.05, 0) is 42.7 Å². The van der Waals surface area contributed by atoms with Crippen LogP contribution in [0.5, 0.6) is 0 Å². The topological polar surface area (TPSA) is 53.2 Å². The highest BCUT2D eigenvalue weighted by atomic mass is 35.5. The van der Waals surface area contributed by atoms with Gasteiger partial charge in [0.25, 0.3) is 11.7 Å². The van der Waals surface area contributed by atoms with E-state index < -0.39 is 11.7 Å². The van der Waals surface area contributed by atoms with Crippen molar-refractivity contribution >= 4 is 39.9 Å². The van der Waals surface area contributed by atoms with Gasteiger partial charge < -0.3 is 9.88 Å². The molecule has 1 N–H and O–H groups in total. The molecule has 0 bridgehead atoms. The highest BCUT2D eigenvalue weighted by Crippen LogP contribution is 2.28. The number of aromatic nitrogens is 1. The second kappa shape index (κ2) is 5.80. The lowest BCUT2D eigenvalue weighted by atomic mass is 10.0. The monoisotopic (exact) mass is 338 g/mol. The molecule has 0 saturated heterocycles. The first-order valence-corrected chi connectivity index (χ1v) is 8.23. The lowest BCUT2D eigenvalue weighted by Crippen LogP contribution is -2.40. The number of carbonyl (C=O) groups excluding carboxylic acids is 2. The fourth-order valence-electron chi connectivity index (χ4n) is 3.26. The number of Topliss-reactive ketones (excluding diaryl/α,β-unsaturated/α-hetero) is 1. The number of H-pyrrole nitrogens is 1. The van der Waals surface area contributed by atoms with E-state index in [-0.39, 0.29) is 0 Å². The number of fused-ring (bicyclic) bond motifs is 2. The summed E-state index contributed by atoms with van der Waals surface area (Å²) in [5.74, 6) is -1.01. The van der Waals surface area contributed by atoms with Gasteiger partial charge in [0.1, 0.15) is 0 Å². The van der Waals surface area contributed by atoms with Gasteiger partial charge in [-0.1, -0.05) is 29.8 Å². The van der Waals surface area contributed by atoms with Gasteiger partial charge in [0.15, 0.2) is 0 Å². The Labute approximate surface area is 144 Å². The number of hydrogen-bond donors (Lipinski definition) is 1. The maximum Gasteiger partial charge on any atom is 0.299 e. The number of nitrogens with one attached hydrogen (secondary N) is 1. The van der Waals surface area contributed by atoms with Crippen molar-refractivity contribution in [3.8, 4) is 0 Å². The van der Waals surface area contributed by atoms with Crippen LogP contribution in [0.15, 0.2) is 48.7 Å². The van der Waals surface area contributed by atoms with E-state index in [1.54, 1.807) is 29.3 Å². The zero-order valence-electron chi connectivity index (χ0n) is 12.9. The predicted octanol–water partition coefficient (Wildman–Crippen LogP) is 3.98. The van der Waals surface area contributed by atoms with Crippen LogP contribution in [0.3, 0.4) is 0 Å². The van der Waals surface area contributed by atoms with Crippen molar-refractivity contribution in [1.29, 1.82) is 0 Å². The summed E-state index contributed by atoms with van der Waals surface area (Å²) in [5, 5.41) is 1.21. The van der Waals surface area contributed by atoms with Gasteiger partial charge in [-0.2, -0.15) is 0 Å². The highest BCUT2D eigenvalue weighted by Gasteiger charge is 2.29. The molecular weight excluding hydrogens is 324 g/mol. The van der Waals surface area contributed by atoms with Crippen molar-refractivity contribution < 1.29 is 9.59 Å². The number of nitrogens with zero attached hydrogens (tertiary/aromatic N) is 1. The number of aromatic amines is 1. The van der Waals surface area contributed by atoms with Crippen molar-refractivity contribution in [2.24, 2.45) is 0 Å². The van der Waals surface area contributed by atoms with Gasteiger partial charge in [0.2, 0.25) is 0 Å². The number of anilines is 1. The molecule has 5 heteroatoms. The van der Waals surface area contributed by atoms with Crippen LogP contribution in [0.25, 0.3) is 10.9 Å². The van der Waals surface area contributed by atoms with E-state index in [9.17, 15) is 9.59 Å². The minimum absolute atomic E-state index is 0.362. The number of amides is 1. The lowest BCUT2D eigenvalue weighted by Gasteiger charge is -2.28. The Hall–Kier alpha value is -2.59. The van der Waals surface area contributed by atoms with Crippen LogP contribution in [0.1, 0.15) is 22.3 Å². The van der Waals surface area contributed by atoms with Crippen molar-refractivity contribution in [2.75, 3.05) is 11.4 Å². The molecule has 0 unspecified atom stereocenters. The van der Waals surface area contributed by atoms with E-state index in [2.05, 4.69) is 4.98 Å². The van der Waals surface area contributed by atoms with Gasteiger partial charge in [-0.15, -0.1) is 0 Å². The van der Waals surface area contributed by atoms with Crippen LogP contribution in [-0.4, -0.2) is 23.2 Å². The largest absolute Gasteiger partial charge is 0.360 e. The van der Waals surface area contributed by atoms with Crippen LogP contribution >= 0.6 is 11.6 Å². The molecule has 0 atom stereocenters. The molecule has 0 spiro atoms. The number of para-hydroxylation sites is 1. The first-order valence-electron chi connectivity index (χ1n) is 7.86. The molecular formula is C19H15ClN2O2. The third kappa shape index (κ3) is 2.39. The molecule has 2 aromatic carbocycles. The molecule has 1 amide bonds. The lowest BCUT2D eigenvalue weighted by molar-refractivity contribution is -0.114. The molecule has 1 aliphatic heterocycles. The first-order chi connectivity index (χ1) is 11.6. The molecule has 4 rings (SSSR count). The minimum Gasteiger partial charge on any atom is -0.360 e. The van der Waals surface area contributed by atoms with E-state index in [0.717, 1.165) is 29.6 Å². The second-order valence-electron chi connectivity index (χ2n) is 5.91. The Kier molecular flexibility index (Phi) is 3.62. The molecule has 0 saturated carbocycles. The summed E-state index contributed by atoms with van der Waals surface area (Å²) in [5.41, 5.74) is 3.09. The van der Waals surface area contributed by atoms with Crippen LogP contribution in [0.2, 0.25) is 5.02 Å². The average molecular weight is 339 g/mol. The van der Waals surface area contributed by atoms with E-state index >= 15 is 0 Å². The Morgan fingerprint density at radius 2 is 1.96 bits per heavy atom. The zero-order chi connectivity index (χ0) is 16.7. The minimum atomic E-state index is -0.514. The molecule has 1 aromatic heterocycles. The number of halogens is 1. The van der Waals surface area contributed by atoms with Crippen molar-refractivity contribution in [3.05, 3.63) is 64.8 Å². The Morgan fingerprint density at radius 1 is 1.12 bits per heavy atom. The molecule has 120 valence electrons. The smallest absolute Gasteiger partial charge is 0.299 e. The van der Waals surface area contributed by atoms with E-state index in [4.69, 9.17) is 11.6 Å². The summed E-state index contributed by atoms with van der Waals surface area (Å²) in [4.78, 5) is 30.2. The van der Waals surface area contributed by atoms with E-state index in [0.29, 0.717) is 22.5 Å². The Morgan fingerprint density at radius 3 is 2.83 bits per heavy atom. The van der Waals surface area contributed by atoms with E-state index in [1.165, 1.54) is 0 Å². The van der Waals surface area contributed by atoms with Crippen molar-refractivity contribution in [3.63, 3.8) is 0 Å². The van der Waals surface area contributed by atoms with Crippen molar-refractivity contribution in [2.45, 2.75) is 12.8 Å². The third-order valence-electron chi connectivity index (χ3n) is 4.44. The number of carbonyl (C=O) groups is 2. The first kappa shape index (κ1) is 15.0. The van der Waals surface area contributed by atoms with Crippen LogP contribution in [0, 0.1) is 0 Å². The summed E-state index contributed by atoms with van der Waals surface area (Å²) in [7, 11) is 0. The molecule has 24 heavy (non-hydrogen) atoms. The number of hydrogen-bond acceptors (Lipinski definition) is 2. The molecule has 3 aromatic rings. The molecule has 1 aliphatic rings.